The smallest absolute Gasteiger partial charge is 0.323 e. The first kappa shape index (κ1) is 17.6. The minimum absolute atomic E-state index is 0.0414. The van der Waals surface area contributed by atoms with E-state index >= 15 is 0 Å². The number of carbonyl (C=O) groups excluding carboxylic acids is 1. The Labute approximate surface area is 165 Å². The van der Waals surface area contributed by atoms with Crippen LogP contribution in [0.1, 0.15) is 31.4 Å². The summed E-state index contributed by atoms with van der Waals surface area (Å²) in [5.41, 5.74) is 1.23. The molecular weight excluding hydrogens is 374 g/mol. The molecule has 3 aromatic heterocycles. The minimum Gasteiger partial charge on any atom is -0.489 e. The van der Waals surface area contributed by atoms with E-state index in [1.807, 2.05) is 6.07 Å². The van der Waals surface area contributed by atoms with Gasteiger partial charge < -0.3 is 9.84 Å². The van der Waals surface area contributed by atoms with Gasteiger partial charge in [0.1, 0.15) is 12.3 Å². The van der Waals surface area contributed by atoms with Gasteiger partial charge in [0, 0.05) is 11.6 Å². The third kappa shape index (κ3) is 2.81. The highest BCUT2D eigenvalue weighted by Crippen LogP contribution is 2.49. The van der Waals surface area contributed by atoms with E-state index in [4.69, 9.17) is 4.74 Å². The first-order valence-electron chi connectivity index (χ1n) is 9.52. The van der Waals surface area contributed by atoms with Gasteiger partial charge in [0.15, 0.2) is 5.65 Å². The standard InChI is InChI=1S/C20H19N5O4/c26-16(27)11-25-15-2-1-7-21-17(15)20(19(25)28)5-3-13(4-6-20)29-14-8-12-9-23-24-18(12)22-10-14/h1-2,7-10,13H,3-6,11H2,(H,26,27)(H,22,23,24). The number of nitrogens with zero attached hydrogens (tertiary/aromatic N) is 4. The van der Waals surface area contributed by atoms with Crippen molar-refractivity contribution in [3.05, 3.63) is 42.5 Å². The molecule has 9 heteroatoms. The summed E-state index contributed by atoms with van der Waals surface area (Å²) >= 11 is 0. The number of carbonyl (C=O) groups is 2. The molecule has 1 aliphatic heterocycles. The van der Waals surface area contributed by atoms with Gasteiger partial charge >= 0.3 is 5.97 Å². The van der Waals surface area contributed by atoms with Crippen molar-refractivity contribution < 1.29 is 19.4 Å². The second-order valence-corrected chi connectivity index (χ2v) is 7.53. The molecule has 4 heterocycles. The van der Waals surface area contributed by atoms with Crippen molar-refractivity contribution in [3.8, 4) is 5.75 Å². The van der Waals surface area contributed by atoms with Gasteiger partial charge in [0.05, 0.1) is 35.3 Å². The number of amides is 1. The van der Waals surface area contributed by atoms with Gasteiger partial charge in [-0.3, -0.25) is 24.6 Å². The zero-order valence-corrected chi connectivity index (χ0v) is 15.5. The summed E-state index contributed by atoms with van der Waals surface area (Å²) in [5.74, 6) is -0.540. The van der Waals surface area contributed by atoms with Crippen LogP contribution in [0.25, 0.3) is 11.0 Å². The fraction of sp³-hybridized carbons (Fsp3) is 0.350. The Balaban J connectivity index is 1.36. The molecule has 0 radical (unpaired) electrons. The van der Waals surface area contributed by atoms with Gasteiger partial charge in [0.25, 0.3) is 0 Å². The molecule has 2 N–H and O–H groups in total. The zero-order valence-electron chi connectivity index (χ0n) is 15.5. The lowest BCUT2D eigenvalue weighted by molar-refractivity contribution is -0.137. The normalized spacial score (nSPS) is 23.5. The van der Waals surface area contributed by atoms with Crippen LogP contribution in [-0.2, 0) is 15.0 Å². The summed E-state index contributed by atoms with van der Waals surface area (Å²) in [6, 6.07) is 5.39. The number of aromatic amines is 1. The lowest BCUT2D eigenvalue weighted by Gasteiger charge is -2.35. The van der Waals surface area contributed by atoms with E-state index in [9.17, 15) is 14.7 Å². The van der Waals surface area contributed by atoms with Gasteiger partial charge in [0.2, 0.25) is 5.91 Å². The van der Waals surface area contributed by atoms with Gasteiger partial charge in [-0.15, -0.1) is 0 Å². The van der Waals surface area contributed by atoms with Crippen molar-refractivity contribution in [2.45, 2.75) is 37.2 Å². The number of hydrogen-bond donors (Lipinski definition) is 2. The molecule has 0 unspecified atom stereocenters. The third-order valence-electron chi connectivity index (χ3n) is 5.83. The largest absolute Gasteiger partial charge is 0.489 e. The molecule has 148 valence electrons. The number of rotatable bonds is 4. The third-order valence-corrected chi connectivity index (χ3v) is 5.83. The second-order valence-electron chi connectivity index (χ2n) is 7.53. The fourth-order valence-electron chi connectivity index (χ4n) is 4.47. The van der Waals surface area contributed by atoms with Crippen LogP contribution in [0, 0.1) is 0 Å². The van der Waals surface area contributed by atoms with E-state index in [2.05, 4.69) is 20.2 Å². The highest BCUT2D eigenvalue weighted by Gasteiger charge is 2.54. The first-order chi connectivity index (χ1) is 14.1. The number of nitrogens with one attached hydrogen (secondary N) is 1. The van der Waals surface area contributed by atoms with Crippen LogP contribution in [0.5, 0.6) is 5.75 Å². The molecule has 9 nitrogen and oxygen atoms in total. The van der Waals surface area contributed by atoms with Crippen LogP contribution in [0.3, 0.4) is 0 Å². The van der Waals surface area contributed by atoms with Crippen LogP contribution in [0.4, 0.5) is 5.69 Å². The molecular formula is C20H19N5O4. The number of pyridine rings is 2. The predicted octanol–water partition coefficient (Wildman–Crippen LogP) is 2.04. The van der Waals surface area contributed by atoms with Crippen molar-refractivity contribution in [3.63, 3.8) is 0 Å². The number of anilines is 1. The lowest BCUT2D eigenvalue weighted by Crippen LogP contribution is -2.46. The van der Waals surface area contributed by atoms with Crippen molar-refractivity contribution in [2.75, 3.05) is 11.4 Å². The lowest BCUT2D eigenvalue weighted by atomic mass is 9.71. The highest BCUT2D eigenvalue weighted by molar-refractivity contribution is 6.09. The van der Waals surface area contributed by atoms with E-state index in [0.29, 0.717) is 48.5 Å². The van der Waals surface area contributed by atoms with Gasteiger partial charge in [-0.25, -0.2) is 4.98 Å². The molecule has 1 spiro atoms. The van der Waals surface area contributed by atoms with E-state index in [0.717, 1.165) is 5.39 Å². The number of carboxylic acid groups (broad SMARTS) is 1. The average molecular weight is 393 g/mol. The molecule has 2 aliphatic rings. The van der Waals surface area contributed by atoms with Crippen LogP contribution in [-0.4, -0.2) is 49.8 Å². The maximum Gasteiger partial charge on any atom is 0.323 e. The van der Waals surface area contributed by atoms with Crippen molar-refractivity contribution in [1.29, 1.82) is 0 Å². The number of hydrogen-bond acceptors (Lipinski definition) is 6. The first-order valence-corrected chi connectivity index (χ1v) is 9.52. The Morgan fingerprint density at radius 2 is 2.14 bits per heavy atom. The molecule has 1 aliphatic carbocycles. The Morgan fingerprint density at radius 3 is 2.93 bits per heavy atom. The van der Waals surface area contributed by atoms with Crippen LogP contribution < -0.4 is 9.64 Å². The van der Waals surface area contributed by atoms with Crippen LogP contribution in [0.15, 0.2) is 36.8 Å². The molecule has 0 aromatic carbocycles. The van der Waals surface area contributed by atoms with Gasteiger partial charge in [-0.2, -0.15) is 5.10 Å². The van der Waals surface area contributed by atoms with E-state index < -0.39 is 11.4 Å². The summed E-state index contributed by atoms with van der Waals surface area (Å²) in [4.78, 5) is 34.6. The Morgan fingerprint density at radius 1 is 1.31 bits per heavy atom. The molecule has 1 fully saturated rings. The zero-order chi connectivity index (χ0) is 20.0. The Hall–Kier alpha value is -3.49. The van der Waals surface area contributed by atoms with Crippen molar-refractivity contribution in [2.24, 2.45) is 0 Å². The van der Waals surface area contributed by atoms with E-state index in [1.165, 1.54) is 4.90 Å². The van der Waals surface area contributed by atoms with E-state index in [-0.39, 0.29) is 18.6 Å². The molecule has 5 rings (SSSR count). The van der Waals surface area contributed by atoms with Crippen LogP contribution in [0.2, 0.25) is 0 Å². The van der Waals surface area contributed by atoms with Gasteiger partial charge in [-0.05, 0) is 43.9 Å². The molecule has 3 aromatic rings. The number of ether oxygens (including phenoxy) is 1. The Bertz CT molecular complexity index is 1100. The maximum atomic E-state index is 13.2. The quantitative estimate of drug-likeness (QED) is 0.696. The highest BCUT2D eigenvalue weighted by atomic mass is 16.5. The summed E-state index contributed by atoms with van der Waals surface area (Å²) in [7, 11) is 0. The molecule has 0 saturated heterocycles. The number of H-pyrrole nitrogens is 1. The van der Waals surface area contributed by atoms with E-state index in [1.54, 1.807) is 30.7 Å². The summed E-state index contributed by atoms with van der Waals surface area (Å²) < 4.78 is 6.11. The molecule has 29 heavy (non-hydrogen) atoms. The minimum atomic E-state index is -1.04. The number of fused-ring (bicyclic) bond motifs is 3. The predicted molar refractivity (Wildman–Crippen MR) is 103 cm³/mol. The van der Waals surface area contributed by atoms with Crippen LogP contribution >= 0.6 is 0 Å². The topological polar surface area (TPSA) is 121 Å². The second kappa shape index (κ2) is 6.54. The molecule has 0 atom stereocenters. The molecule has 1 saturated carbocycles. The molecule has 1 amide bonds. The maximum absolute atomic E-state index is 13.2. The monoisotopic (exact) mass is 393 g/mol. The number of aromatic nitrogens is 4. The van der Waals surface area contributed by atoms with Crippen molar-refractivity contribution in [1.82, 2.24) is 20.2 Å². The van der Waals surface area contributed by atoms with Gasteiger partial charge in [-0.1, -0.05) is 0 Å². The Kier molecular flexibility index (Phi) is 3.97. The summed E-state index contributed by atoms with van der Waals surface area (Å²) in [5, 5.41) is 16.9. The molecule has 0 bridgehead atoms. The number of aliphatic carboxylic acids is 1. The number of carboxylic acids is 1. The SMILES string of the molecule is O=C(O)CN1C(=O)C2(CCC(Oc3cnc4[nH]ncc4c3)CC2)c2ncccc21. The average Bonchev–Trinajstić information content (AvgIpc) is 3.27. The summed E-state index contributed by atoms with van der Waals surface area (Å²) in [6.45, 7) is -0.352. The summed E-state index contributed by atoms with van der Waals surface area (Å²) in [6.07, 6.45) is 7.46. The fourth-order valence-corrected chi connectivity index (χ4v) is 4.47. The van der Waals surface area contributed by atoms with Crippen molar-refractivity contribution >= 4 is 28.6 Å².